The second-order valence-electron chi connectivity index (χ2n) is 3.66. The van der Waals surface area contributed by atoms with Gasteiger partial charge in [-0.25, -0.2) is 4.79 Å². The van der Waals surface area contributed by atoms with E-state index in [-0.39, 0.29) is 5.01 Å². The van der Waals surface area contributed by atoms with Crippen molar-refractivity contribution < 1.29 is 28.5 Å². The summed E-state index contributed by atoms with van der Waals surface area (Å²) in [6, 6.07) is 0. The highest BCUT2D eigenvalue weighted by Crippen LogP contribution is 2.18. The van der Waals surface area contributed by atoms with Gasteiger partial charge in [-0.1, -0.05) is 5.10 Å². The first-order valence-corrected chi connectivity index (χ1v) is 7.37. The van der Waals surface area contributed by atoms with E-state index >= 15 is 0 Å². The molecule has 0 N–H and O–H groups in total. The summed E-state index contributed by atoms with van der Waals surface area (Å²) >= 11 is 1.05. The van der Waals surface area contributed by atoms with Crippen molar-refractivity contribution in [3.8, 4) is 5.19 Å². The van der Waals surface area contributed by atoms with Gasteiger partial charge < -0.3 is 23.7 Å². The molecule has 1 aromatic rings. The summed E-state index contributed by atoms with van der Waals surface area (Å²) in [6.45, 7) is 4.88. The summed E-state index contributed by atoms with van der Waals surface area (Å²) in [7, 11) is 1.62. The molecule has 0 saturated carbocycles. The van der Waals surface area contributed by atoms with Gasteiger partial charge in [0, 0.05) is 7.11 Å². The van der Waals surface area contributed by atoms with Gasteiger partial charge in [-0.3, -0.25) is 0 Å². The average molecular weight is 320 g/mol. The van der Waals surface area contributed by atoms with Gasteiger partial charge in [0.05, 0.1) is 39.6 Å². The Morgan fingerprint density at radius 1 is 1.05 bits per heavy atom. The van der Waals surface area contributed by atoms with E-state index in [4.69, 9.17) is 23.7 Å². The number of carbonyl (C=O) groups excluding carboxylic acids is 1. The number of esters is 1. The highest BCUT2D eigenvalue weighted by molar-refractivity contribution is 7.14. The van der Waals surface area contributed by atoms with Crippen LogP contribution in [0.15, 0.2) is 0 Å². The summed E-state index contributed by atoms with van der Waals surface area (Å²) in [5.41, 5.74) is 0. The maximum Gasteiger partial charge on any atom is 0.369 e. The monoisotopic (exact) mass is 320 g/mol. The Labute approximate surface area is 127 Å². The lowest BCUT2D eigenvalue weighted by Gasteiger charge is -2.05. The Morgan fingerprint density at radius 2 is 1.71 bits per heavy atom. The third-order valence-electron chi connectivity index (χ3n) is 2.11. The Bertz CT molecular complexity index is 401. The molecule has 0 aliphatic carbocycles. The van der Waals surface area contributed by atoms with Crippen molar-refractivity contribution in [2.75, 3.05) is 53.4 Å². The van der Waals surface area contributed by atoms with E-state index in [2.05, 4.69) is 10.2 Å². The highest BCUT2D eigenvalue weighted by Gasteiger charge is 2.14. The third kappa shape index (κ3) is 7.90. The van der Waals surface area contributed by atoms with Gasteiger partial charge in [-0.15, -0.1) is 5.10 Å². The molecular weight excluding hydrogens is 300 g/mol. The van der Waals surface area contributed by atoms with Gasteiger partial charge in [0.25, 0.3) is 5.19 Å². The molecule has 8 nitrogen and oxygen atoms in total. The standard InChI is InChI=1S/C12H20N2O6S/c1-3-19-11(15)10-13-14-12(21-10)20-9-8-18-7-6-17-5-4-16-2/h3-9H2,1-2H3. The molecule has 0 amide bonds. The molecule has 1 heterocycles. The van der Waals surface area contributed by atoms with Crippen molar-refractivity contribution in [3.05, 3.63) is 5.01 Å². The van der Waals surface area contributed by atoms with Crippen LogP contribution < -0.4 is 4.74 Å². The number of hydrogen-bond donors (Lipinski definition) is 0. The Balaban J connectivity index is 2.04. The number of aromatic nitrogens is 2. The van der Waals surface area contributed by atoms with E-state index in [1.165, 1.54) is 0 Å². The van der Waals surface area contributed by atoms with E-state index < -0.39 is 5.97 Å². The number of ether oxygens (including phenoxy) is 5. The van der Waals surface area contributed by atoms with Crippen molar-refractivity contribution in [2.45, 2.75) is 6.92 Å². The van der Waals surface area contributed by atoms with Crippen molar-refractivity contribution in [2.24, 2.45) is 0 Å². The topological polar surface area (TPSA) is 89.0 Å². The Morgan fingerprint density at radius 3 is 2.38 bits per heavy atom. The fourth-order valence-corrected chi connectivity index (χ4v) is 1.81. The molecule has 1 aromatic heterocycles. The number of hydrogen-bond acceptors (Lipinski definition) is 9. The fourth-order valence-electron chi connectivity index (χ4n) is 1.20. The fraction of sp³-hybridized carbons (Fsp3) is 0.750. The molecular formula is C12H20N2O6S. The molecule has 0 saturated heterocycles. The lowest BCUT2D eigenvalue weighted by Crippen LogP contribution is -2.12. The van der Waals surface area contributed by atoms with Crippen molar-refractivity contribution >= 4 is 17.3 Å². The van der Waals surface area contributed by atoms with Crippen molar-refractivity contribution in [3.63, 3.8) is 0 Å². The molecule has 0 radical (unpaired) electrons. The number of methoxy groups -OCH3 is 1. The van der Waals surface area contributed by atoms with Gasteiger partial charge in [0.15, 0.2) is 0 Å². The third-order valence-corrected chi connectivity index (χ3v) is 2.93. The van der Waals surface area contributed by atoms with E-state index in [1.54, 1.807) is 14.0 Å². The molecule has 9 heteroatoms. The maximum absolute atomic E-state index is 11.4. The molecule has 120 valence electrons. The molecule has 21 heavy (non-hydrogen) atoms. The first-order valence-electron chi connectivity index (χ1n) is 6.55. The maximum atomic E-state index is 11.4. The molecule has 0 bridgehead atoms. The molecule has 1 rings (SSSR count). The SMILES string of the molecule is CCOC(=O)c1nnc(OCCOCCOCCOC)s1. The zero-order valence-corrected chi connectivity index (χ0v) is 13.0. The van der Waals surface area contributed by atoms with E-state index in [0.29, 0.717) is 51.4 Å². The quantitative estimate of drug-likeness (QED) is 0.412. The minimum Gasteiger partial charge on any atom is -0.466 e. The van der Waals surface area contributed by atoms with Crippen LogP contribution in [0.3, 0.4) is 0 Å². The highest BCUT2D eigenvalue weighted by atomic mass is 32.1. The van der Waals surface area contributed by atoms with Gasteiger partial charge in [-0.2, -0.15) is 0 Å². The first-order chi connectivity index (χ1) is 10.3. The van der Waals surface area contributed by atoms with Crippen LogP contribution in [-0.4, -0.2) is 69.5 Å². The molecule has 0 aliphatic rings. The molecule has 0 spiro atoms. The summed E-state index contributed by atoms with van der Waals surface area (Å²) in [4.78, 5) is 11.4. The second kappa shape index (κ2) is 11.4. The van der Waals surface area contributed by atoms with Crippen LogP contribution in [0.1, 0.15) is 16.7 Å². The van der Waals surface area contributed by atoms with Crippen LogP contribution in [0.4, 0.5) is 0 Å². The minimum atomic E-state index is -0.491. The van der Waals surface area contributed by atoms with Crippen LogP contribution >= 0.6 is 11.3 Å². The van der Waals surface area contributed by atoms with E-state index in [9.17, 15) is 4.79 Å². The second-order valence-corrected chi connectivity index (χ2v) is 4.60. The zero-order chi connectivity index (χ0) is 15.3. The largest absolute Gasteiger partial charge is 0.466 e. The normalized spacial score (nSPS) is 10.6. The summed E-state index contributed by atoms with van der Waals surface area (Å²) in [5, 5.41) is 7.92. The Kier molecular flexibility index (Phi) is 9.62. The molecule has 0 fully saturated rings. The summed E-state index contributed by atoms with van der Waals surface area (Å²) < 4.78 is 25.5. The van der Waals surface area contributed by atoms with Gasteiger partial charge >= 0.3 is 5.97 Å². The summed E-state index contributed by atoms with van der Waals surface area (Å²) in [6.07, 6.45) is 0. The van der Waals surface area contributed by atoms with Crippen molar-refractivity contribution in [1.82, 2.24) is 10.2 Å². The van der Waals surface area contributed by atoms with E-state index in [0.717, 1.165) is 11.3 Å². The molecule has 0 atom stereocenters. The van der Waals surface area contributed by atoms with E-state index in [1.807, 2.05) is 0 Å². The Hall–Kier alpha value is -1.29. The van der Waals surface area contributed by atoms with Crippen LogP contribution in [0.25, 0.3) is 0 Å². The number of nitrogens with zero attached hydrogens (tertiary/aromatic N) is 2. The summed E-state index contributed by atoms with van der Waals surface area (Å²) in [5.74, 6) is -0.491. The van der Waals surface area contributed by atoms with Gasteiger partial charge in [0.1, 0.15) is 6.61 Å². The van der Waals surface area contributed by atoms with Crippen LogP contribution in [0, 0.1) is 0 Å². The van der Waals surface area contributed by atoms with Crippen molar-refractivity contribution in [1.29, 1.82) is 0 Å². The first kappa shape index (κ1) is 17.8. The lowest BCUT2D eigenvalue weighted by atomic mass is 10.7. The smallest absolute Gasteiger partial charge is 0.369 e. The van der Waals surface area contributed by atoms with Crippen LogP contribution in [-0.2, 0) is 18.9 Å². The van der Waals surface area contributed by atoms with Crippen LogP contribution in [0.5, 0.6) is 5.19 Å². The average Bonchev–Trinajstić information content (AvgIpc) is 2.95. The lowest BCUT2D eigenvalue weighted by molar-refractivity contribution is 0.0179. The molecule has 0 aliphatic heterocycles. The predicted octanol–water partition coefficient (Wildman–Crippen LogP) is 0.773. The van der Waals surface area contributed by atoms with Crippen LogP contribution in [0.2, 0.25) is 0 Å². The number of rotatable bonds is 12. The molecule has 0 aromatic carbocycles. The zero-order valence-electron chi connectivity index (χ0n) is 12.2. The minimum absolute atomic E-state index is 0.180. The number of carbonyl (C=O) groups is 1. The molecule has 0 unspecified atom stereocenters. The van der Waals surface area contributed by atoms with Gasteiger partial charge in [-0.05, 0) is 18.3 Å². The van der Waals surface area contributed by atoms with Gasteiger partial charge in [0.2, 0.25) is 5.01 Å². The predicted molar refractivity (Wildman–Crippen MR) is 74.9 cm³/mol.